The predicted molar refractivity (Wildman–Crippen MR) is 131 cm³/mol. The average Bonchev–Trinajstić information content (AvgIpc) is 3.34. The fraction of sp³-hybridized carbons (Fsp3) is 0.154. The van der Waals surface area contributed by atoms with Crippen LogP contribution < -0.4 is 10.2 Å². The number of fused-ring (bicyclic) bond motifs is 2. The Balaban J connectivity index is 1.32. The summed E-state index contributed by atoms with van der Waals surface area (Å²) in [7, 11) is 0. The summed E-state index contributed by atoms with van der Waals surface area (Å²) in [6.07, 6.45) is 2.91. The molecule has 5 rings (SSSR count). The number of aryl methyl sites for hydroxylation is 2. The number of nitrogens with zero attached hydrogens (tertiary/aromatic N) is 5. The van der Waals surface area contributed by atoms with Crippen molar-refractivity contribution < 1.29 is 19.1 Å². The van der Waals surface area contributed by atoms with Gasteiger partial charge in [0, 0.05) is 0 Å². The molecule has 2 amide bonds. The Morgan fingerprint density at radius 3 is 2.17 bits per heavy atom. The Labute approximate surface area is 206 Å². The number of amides is 2. The van der Waals surface area contributed by atoms with Crippen molar-refractivity contribution in [3.05, 3.63) is 95.8 Å². The lowest BCUT2D eigenvalue weighted by molar-refractivity contribution is -0.121. The van der Waals surface area contributed by atoms with Crippen molar-refractivity contribution in [1.29, 1.82) is 0 Å². The molecule has 1 aromatic heterocycles. The molecule has 0 radical (unpaired) electrons. The third-order valence-corrected chi connectivity index (χ3v) is 5.82. The first kappa shape index (κ1) is 22.9. The van der Waals surface area contributed by atoms with Crippen molar-refractivity contribution in [3.63, 3.8) is 0 Å². The molecule has 1 aliphatic rings. The lowest BCUT2D eigenvalue weighted by Gasteiger charge is -2.25. The van der Waals surface area contributed by atoms with Gasteiger partial charge in [-0.3, -0.25) is 14.5 Å². The van der Waals surface area contributed by atoms with Crippen molar-refractivity contribution in [2.24, 2.45) is 0 Å². The number of anilines is 3. The summed E-state index contributed by atoms with van der Waals surface area (Å²) in [4.78, 5) is 40.3. The van der Waals surface area contributed by atoms with Crippen LogP contribution in [0.25, 0.3) is 0 Å². The largest absolute Gasteiger partial charge is 0.452 e. The second kappa shape index (κ2) is 10.2. The molecule has 10 heteroatoms. The number of hydrogen-bond donors (Lipinski definition) is 1. The maximum absolute atomic E-state index is 13.4. The molecule has 3 aromatic carbocycles. The van der Waals surface area contributed by atoms with Crippen LogP contribution in [0.1, 0.15) is 21.5 Å². The Morgan fingerprint density at radius 2 is 1.50 bits per heavy atom. The lowest BCUT2D eigenvalue weighted by Crippen LogP contribution is -2.31. The van der Waals surface area contributed by atoms with Crippen LogP contribution in [0, 0.1) is 0 Å². The molecular weight excluding hydrogens is 460 g/mol. The van der Waals surface area contributed by atoms with Gasteiger partial charge in [-0.05, 0) is 58.7 Å². The number of rotatable bonds is 6. The van der Waals surface area contributed by atoms with Crippen LogP contribution >= 0.6 is 0 Å². The van der Waals surface area contributed by atoms with Crippen LogP contribution in [0.5, 0.6) is 0 Å². The molecule has 10 nitrogen and oxygen atoms in total. The number of carbonyl (C=O) groups excluding carboxylic acids is 3. The van der Waals surface area contributed by atoms with Crippen molar-refractivity contribution in [2.75, 3.05) is 16.8 Å². The number of nitrogens with one attached hydrogen (secondary N) is 1. The molecule has 1 N–H and O–H groups in total. The normalized spacial score (nSPS) is 12.2. The summed E-state index contributed by atoms with van der Waals surface area (Å²) in [5.74, 6) is -1.51. The van der Waals surface area contributed by atoms with E-state index in [1.165, 1.54) is 17.1 Å². The number of carbonyl (C=O) groups is 3. The first-order valence-corrected chi connectivity index (χ1v) is 11.4. The van der Waals surface area contributed by atoms with Gasteiger partial charge < -0.3 is 10.1 Å². The SMILES string of the molecule is O=C(Cn1cnnn1)Nc1ccccc1C(=O)OCC(=O)N1c2ccccc2CCc2ccccc21. The van der Waals surface area contributed by atoms with Gasteiger partial charge in [0.2, 0.25) is 5.91 Å². The molecule has 36 heavy (non-hydrogen) atoms. The molecule has 4 aromatic rings. The van der Waals surface area contributed by atoms with Crippen molar-refractivity contribution in [3.8, 4) is 0 Å². The van der Waals surface area contributed by atoms with Crippen molar-refractivity contribution >= 4 is 34.8 Å². The van der Waals surface area contributed by atoms with E-state index >= 15 is 0 Å². The second-order valence-electron chi connectivity index (χ2n) is 8.16. The summed E-state index contributed by atoms with van der Waals surface area (Å²) < 4.78 is 6.68. The second-order valence-corrected chi connectivity index (χ2v) is 8.16. The Kier molecular flexibility index (Phi) is 6.48. The van der Waals surface area contributed by atoms with Crippen LogP contribution in [-0.4, -0.2) is 44.6 Å². The smallest absolute Gasteiger partial charge is 0.340 e. The molecule has 1 aliphatic heterocycles. The summed E-state index contributed by atoms with van der Waals surface area (Å²) in [5, 5.41) is 13.3. The van der Waals surface area contributed by atoms with Gasteiger partial charge in [0.1, 0.15) is 12.9 Å². The van der Waals surface area contributed by atoms with Gasteiger partial charge in [0.25, 0.3) is 5.91 Å². The van der Waals surface area contributed by atoms with E-state index in [-0.39, 0.29) is 23.7 Å². The Bertz CT molecular complexity index is 1370. The number of para-hydroxylation sites is 3. The summed E-state index contributed by atoms with van der Waals surface area (Å²) in [6, 6.07) is 21.9. The van der Waals surface area contributed by atoms with Gasteiger partial charge in [-0.2, -0.15) is 0 Å². The summed E-state index contributed by atoms with van der Waals surface area (Å²) in [5.41, 5.74) is 4.04. The topological polar surface area (TPSA) is 119 Å². The van der Waals surface area contributed by atoms with E-state index in [0.29, 0.717) is 0 Å². The molecule has 0 fully saturated rings. The number of ether oxygens (including phenoxy) is 1. The maximum atomic E-state index is 13.4. The summed E-state index contributed by atoms with van der Waals surface area (Å²) >= 11 is 0. The quantitative estimate of drug-likeness (QED) is 0.420. The Hall–Kier alpha value is -4.86. The average molecular weight is 483 g/mol. The van der Waals surface area contributed by atoms with Gasteiger partial charge in [0.15, 0.2) is 6.61 Å². The Morgan fingerprint density at radius 1 is 0.861 bits per heavy atom. The van der Waals surface area contributed by atoms with Gasteiger partial charge in [0.05, 0.1) is 22.6 Å². The van der Waals surface area contributed by atoms with Gasteiger partial charge in [-0.25, -0.2) is 9.48 Å². The zero-order valence-corrected chi connectivity index (χ0v) is 19.2. The third kappa shape index (κ3) is 4.83. The molecule has 0 bridgehead atoms. The molecule has 0 saturated carbocycles. The maximum Gasteiger partial charge on any atom is 0.340 e. The highest BCUT2D eigenvalue weighted by Gasteiger charge is 2.27. The zero-order valence-electron chi connectivity index (χ0n) is 19.2. The highest BCUT2D eigenvalue weighted by Crippen LogP contribution is 2.36. The minimum atomic E-state index is -0.724. The molecule has 0 saturated heterocycles. The molecular formula is C26H22N6O4. The zero-order chi connectivity index (χ0) is 24.9. The van der Waals surface area contributed by atoms with Crippen molar-refractivity contribution in [1.82, 2.24) is 20.2 Å². The molecule has 0 unspecified atom stereocenters. The number of aromatic nitrogens is 4. The molecule has 0 atom stereocenters. The third-order valence-electron chi connectivity index (χ3n) is 5.82. The monoisotopic (exact) mass is 482 g/mol. The molecule has 0 aliphatic carbocycles. The van der Waals surface area contributed by atoms with Gasteiger partial charge >= 0.3 is 5.97 Å². The number of tetrazole rings is 1. The first-order valence-electron chi connectivity index (χ1n) is 11.4. The number of benzene rings is 3. The van der Waals surface area contributed by atoms with Crippen LogP contribution in [0.2, 0.25) is 0 Å². The van der Waals surface area contributed by atoms with Crippen LogP contribution in [0.15, 0.2) is 79.1 Å². The van der Waals surface area contributed by atoms with E-state index < -0.39 is 18.5 Å². The van der Waals surface area contributed by atoms with E-state index in [1.54, 1.807) is 23.1 Å². The minimum absolute atomic E-state index is 0.122. The minimum Gasteiger partial charge on any atom is -0.452 e. The summed E-state index contributed by atoms with van der Waals surface area (Å²) in [6.45, 7) is -0.586. The predicted octanol–water partition coefficient (Wildman–Crippen LogP) is 2.93. The van der Waals surface area contributed by atoms with E-state index in [4.69, 9.17) is 4.74 Å². The van der Waals surface area contributed by atoms with Gasteiger partial charge in [-0.1, -0.05) is 48.5 Å². The molecule has 180 valence electrons. The standard InChI is InChI=1S/C26H22N6O4/c33-24(15-31-17-27-29-30-31)28-21-10-4-3-9-20(21)26(35)36-16-25(34)32-22-11-5-1-7-18(22)13-14-19-8-2-6-12-23(19)32/h1-12,17H,13-16H2,(H,28,33). The van der Waals surface area contributed by atoms with Crippen LogP contribution in [-0.2, 0) is 33.7 Å². The highest BCUT2D eigenvalue weighted by atomic mass is 16.5. The van der Waals surface area contributed by atoms with Gasteiger partial charge in [-0.15, -0.1) is 5.10 Å². The first-order chi connectivity index (χ1) is 17.6. The number of esters is 1. The molecule has 2 heterocycles. The number of hydrogen-bond acceptors (Lipinski definition) is 7. The van der Waals surface area contributed by atoms with Crippen molar-refractivity contribution in [2.45, 2.75) is 19.4 Å². The fourth-order valence-electron chi connectivity index (χ4n) is 4.18. The van der Waals surface area contributed by atoms with E-state index in [0.717, 1.165) is 35.3 Å². The fourth-order valence-corrected chi connectivity index (χ4v) is 4.18. The molecule has 0 spiro atoms. The van der Waals surface area contributed by atoms with Crippen LogP contribution in [0.4, 0.5) is 17.1 Å². The highest BCUT2D eigenvalue weighted by molar-refractivity contribution is 6.05. The van der Waals surface area contributed by atoms with Crippen LogP contribution in [0.3, 0.4) is 0 Å². The van der Waals surface area contributed by atoms with E-state index in [1.807, 2.05) is 48.5 Å². The van der Waals surface area contributed by atoms with E-state index in [9.17, 15) is 14.4 Å². The lowest BCUT2D eigenvalue weighted by atomic mass is 10.0. The van der Waals surface area contributed by atoms with E-state index in [2.05, 4.69) is 20.8 Å².